The average molecular weight is 569 g/mol. The summed E-state index contributed by atoms with van der Waals surface area (Å²) in [7, 11) is 0.385. The second-order valence-corrected chi connectivity index (χ2v) is 20.3. The van der Waals surface area contributed by atoms with Gasteiger partial charge in [-0.3, -0.25) is 4.79 Å². The number of hydrogen-bond acceptors (Lipinski definition) is 8. The van der Waals surface area contributed by atoms with Crippen molar-refractivity contribution in [3.05, 3.63) is 12.2 Å². The Balaban J connectivity index is 1.68. The molecule has 3 saturated carbocycles. The number of carbonyl (C=O) groups excluding carboxylic acids is 1. The minimum atomic E-state index is -1.78. The van der Waals surface area contributed by atoms with E-state index < -0.39 is 43.2 Å². The summed E-state index contributed by atoms with van der Waals surface area (Å²) in [5, 5.41) is 12.6. The van der Waals surface area contributed by atoms with Crippen LogP contribution in [0.2, 0.25) is 25.7 Å². The highest BCUT2D eigenvalue weighted by Crippen LogP contribution is 2.63. The van der Waals surface area contributed by atoms with Crippen LogP contribution in [0.25, 0.3) is 0 Å². The minimum absolute atomic E-state index is 0.0253. The molecule has 9 heteroatoms. The van der Waals surface area contributed by atoms with Gasteiger partial charge < -0.3 is 33.5 Å². The molecule has 4 aliphatic rings. The fraction of sp³-hybridized carbons (Fsp3) is 0.900. The van der Waals surface area contributed by atoms with Crippen LogP contribution in [-0.2, 0) is 33.2 Å². The molecule has 4 fully saturated rings. The number of aliphatic hydroxyl groups is 1. The van der Waals surface area contributed by atoms with Crippen molar-refractivity contribution in [3.8, 4) is 0 Å². The van der Waals surface area contributed by atoms with Gasteiger partial charge in [0.15, 0.2) is 17.2 Å². The van der Waals surface area contributed by atoms with E-state index in [1.165, 1.54) is 0 Å². The minimum Gasteiger partial charge on any atom is -0.379 e. The van der Waals surface area contributed by atoms with E-state index in [-0.39, 0.29) is 42.7 Å². The molecule has 0 spiro atoms. The Kier molecular flexibility index (Phi) is 8.73. The number of ketones is 1. The molecule has 1 aliphatic heterocycles. The van der Waals surface area contributed by atoms with Crippen LogP contribution in [0, 0.1) is 22.7 Å². The molecule has 0 unspecified atom stereocenters. The third-order valence-electron chi connectivity index (χ3n) is 10.2. The zero-order valence-corrected chi connectivity index (χ0v) is 26.6. The summed E-state index contributed by atoms with van der Waals surface area (Å²) in [6, 6.07) is 1.02. The van der Waals surface area contributed by atoms with Gasteiger partial charge in [-0.25, -0.2) is 0 Å². The van der Waals surface area contributed by atoms with E-state index in [9.17, 15) is 9.90 Å². The lowest BCUT2D eigenvalue weighted by molar-refractivity contribution is -0.239. The molecule has 39 heavy (non-hydrogen) atoms. The lowest BCUT2D eigenvalue weighted by Crippen LogP contribution is -2.73. The van der Waals surface area contributed by atoms with Crippen LogP contribution < -0.4 is 0 Å². The molecule has 1 N–H and O–H groups in total. The number of carbonyl (C=O) groups is 1. The van der Waals surface area contributed by atoms with Crippen molar-refractivity contribution in [3.63, 3.8) is 0 Å². The Morgan fingerprint density at radius 3 is 2.28 bits per heavy atom. The highest BCUT2D eigenvalue weighted by atomic mass is 28.3. The van der Waals surface area contributed by atoms with E-state index >= 15 is 0 Å². The van der Waals surface area contributed by atoms with Crippen molar-refractivity contribution in [1.29, 1.82) is 0 Å². The first-order valence-electron chi connectivity index (χ1n) is 14.6. The van der Waals surface area contributed by atoms with Gasteiger partial charge in [-0.2, -0.15) is 0 Å². The second-order valence-electron chi connectivity index (χ2n) is 14.7. The van der Waals surface area contributed by atoms with Gasteiger partial charge in [-0.05, 0) is 63.0 Å². The summed E-state index contributed by atoms with van der Waals surface area (Å²) < 4.78 is 36.2. The predicted octanol–water partition coefficient (Wildman–Crippen LogP) is 4.92. The molecule has 8 nitrogen and oxygen atoms in total. The lowest BCUT2D eigenvalue weighted by atomic mass is 9.47. The van der Waals surface area contributed by atoms with Crippen molar-refractivity contribution in [2.45, 2.75) is 122 Å². The molecule has 3 aliphatic carbocycles. The van der Waals surface area contributed by atoms with E-state index in [0.717, 1.165) is 30.9 Å². The Morgan fingerprint density at radius 2 is 1.64 bits per heavy atom. The first-order chi connectivity index (χ1) is 18.0. The van der Waals surface area contributed by atoms with Crippen LogP contribution >= 0.6 is 0 Å². The molecular formula is C30H52O8Si. The summed E-state index contributed by atoms with van der Waals surface area (Å²) in [6.45, 7) is 22.2. The average Bonchev–Trinajstić information content (AvgIpc) is 3.17. The third-order valence-corrected chi connectivity index (χ3v) is 11.9. The fourth-order valence-electron chi connectivity index (χ4n) is 7.53. The molecular weight excluding hydrogens is 516 g/mol. The Hall–Kier alpha value is -0.653. The summed E-state index contributed by atoms with van der Waals surface area (Å²) in [6.07, 6.45) is 0.583. The lowest BCUT2D eigenvalue weighted by Gasteiger charge is -2.61. The van der Waals surface area contributed by atoms with Crippen LogP contribution in [-0.4, -0.2) is 82.1 Å². The number of ether oxygens (including phenoxy) is 6. The first-order valence-corrected chi connectivity index (χ1v) is 18.3. The van der Waals surface area contributed by atoms with Gasteiger partial charge in [-0.15, -0.1) is 0 Å². The summed E-state index contributed by atoms with van der Waals surface area (Å²) in [5.74, 6) is -1.25. The second kappa shape index (κ2) is 10.9. The van der Waals surface area contributed by atoms with Crippen molar-refractivity contribution < 1.29 is 38.3 Å². The smallest absolute Gasteiger partial charge is 0.196 e. The van der Waals surface area contributed by atoms with E-state index in [2.05, 4.69) is 33.1 Å². The topological polar surface area (TPSA) is 92.7 Å². The molecule has 0 amide bonds. The van der Waals surface area contributed by atoms with E-state index in [1.807, 2.05) is 27.7 Å². The maximum absolute atomic E-state index is 14.2. The molecule has 4 rings (SSSR count). The standard InChI is InChI=1S/C30H52O8Si/c1-19-21-15-20-16-23(36-18-34-13-14-39(8,9)10)24(31)30(32,27(20,2)3)26-25(37-28(4,5)38-26)29(21,6)12-11-22(19)35-17-33-7/h20-23,25-26,32H,1,11-18H2,2-10H3/t20-,21-,22+,23-,25+,26+,29-,30+/m1/s1. The van der Waals surface area contributed by atoms with Crippen molar-refractivity contribution in [1.82, 2.24) is 0 Å². The zero-order chi connectivity index (χ0) is 29.0. The first kappa shape index (κ1) is 31.3. The summed E-state index contributed by atoms with van der Waals surface area (Å²) in [5.41, 5.74) is -1.93. The van der Waals surface area contributed by atoms with Crippen LogP contribution in [0.4, 0.5) is 0 Å². The van der Waals surface area contributed by atoms with Gasteiger partial charge in [0.05, 0.1) is 12.2 Å². The molecule has 0 aromatic carbocycles. The fourth-order valence-corrected chi connectivity index (χ4v) is 8.28. The SMILES string of the molecule is C=C1[C@@H](OCOC)CC[C@]2(C)[C@@H]1C[C@@H]1C[C@@H](OCOCC[Si](C)(C)C)C(=O)[C@](O)([C@H]3OC(C)(C)O[C@@H]32)C1(C)C. The molecule has 0 aromatic rings. The quantitative estimate of drug-likeness (QED) is 0.181. The van der Waals surface area contributed by atoms with Gasteiger partial charge in [0.25, 0.3) is 0 Å². The Morgan fingerprint density at radius 1 is 1.00 bits per heavy atom. The van der Waals surface area contributed by atoms with Gasteiger partial charge in [-0.1, -0.05) is 47.0 Å². The monoisotopic (exact) mass is 568 g/mol. The van der Waals surface area contributed by atoms with Gasteiger partial charge in [0.2, 0.25) is 0 Å². The molecule has 224 valence electrons. The van der Waals surface area contributed by atoms with Gasteiger partial charge >= 0.3 is 0 Å². The number of hydrogen-bond donors (Lipinski definition) is 1. The predicted molar refractivity (Wildman–Crippen MR) is 151 cm³/mol. The molecule has 1 heterocycles. The Bertz CT molecular complexity index is 928. The van der Waals surface area contributed by atoms with Gasteiger partial charge in [0, 0.05) is 32.6 Å². The van der Waals surface area contributed by atoms with E-state index in [4.69, 9.17) is 28.4 Å². The number of Topliss-reactive ketones (excluding diaryl/α,β-unsaturated/α-hetero) is 1. The number of methoxy groups -OCH3 is 1. The van der Waals surface area contributed by atoms with Crippen LogP contribution in [0.3, 0.4) is 0 Å². The van der Waals surface area contributed by atoms with Crippen LogP contribution in [0.5, 0.6) is 0 Å². The summed E-state index contributed by atoms with van der Waals surface area (Å²) in [4.78, 5) is 14.2. The normalized spacial score (nSPS) is 41.5. The highest BCUT2D eigenvalue weighted by Gasteiger charge is 2.72. The van der Waals surface area contributed by atoms with Crippen molar-refractivity contribution in [2.75, 3.05) is 27.3 Å². The van der Waals surface area contributed by atoms with E-state index in [0.29, 0.717) is 13.0 Å². The maximum Gasteiger partial charge on any atom is 0.196 e. The van der Waals surface area contributed by atoms with Crippen molar-refractivity contribution in [2.24, 2.45) is 22.7 Å². The Labute approximate surface area is 236 Å². The molecule has 8 atom stereocenters. The van der Waals surface area contributed by atoms with Gasteiger partial charge in [0.1, 0.15) is 25.8 Å². The van der Waals surface area contributed by atoms with Crippen molar-refractivity contribution >= 4 is 13.9 Å². The molecule has 1 saturated heterocycles. The maximum atomic E-state index is 14.2. The number of rotatable bonds is 9. The molecule has 0 radical (unpaired) electrons. The molecule has 2 bridgehead atoms. The van der Waals surface area contributed by atoms with Crippen LogP contribution in [0.15, 0.2) is 12.2 Å². The summed E-state index contributed by atoms with van der Waals surface area (Å²) >= 11 is 0. The zero-order valence-electron chi connectivity index (χ0n) is 25.6. The number of fused-ring (bicyclic) bond motifs is 6. The highest BCUT2D eigenvalue weighted by molar-refractivity contribution is 6.76. The van der Waals surface area contributed by atoms with Crippen LogP contribution in [0.1, 0.15) is 60.3 Å². The third kappa shape index (κ3) is 5.59. The molecule has 0 aromatic heterocycles. The van der Waals surface area contributed by atoms with E-state index in [1.54, 1.807) is 7.11 Å². The largest absolute Gasteiger partial charge is 0.379 e.